The Morgan fingerprint density at radius 1 is 1.10 bits per heavy atom. The predicted molar refractivity (Wildman–Crippen MR) is 119 cm³/mol. The fourth-order valence-electron chi connectivity index (χ4n) is 4.28. The van der Waals surface area contributed by atoms with Crippen LogP contribution in [-0.2, 0) is 9.59 Å². The summed E-state index contributed by atoms with van der Waals surface area (Å²) in [6, 6.07) is 14.2. The second-order valence-electron chi connectivity index (χ2n) is 7.92. The highest BCUT2D eigenvalue weighted by Crippen LogP contribution is 2.42. The lowest BCUT2D eigenvalue weighted by Crippen LogP contribution is -2.52. The number of rotatable bonds is 3. The van der Waals surface area contributed by atoms with E-state index < -0.39 is 0 Å². The molecule has 0 saturated carbocycles. The molecule has 2 atom stereocenters. The molecule has 4 rings (SSSR count). The molecule has 1 fully saturated rings. The minimum absolute atomic E-state index is 0.0142. The van der Waals surface area contributed by atoms with Gasteiger partial charge >= 0.3 is 0 Å². The number of carbonyl (C=O) groups excluding carboxylic acids is 2. The normalized spacial score (nSPS) is 22.9. The van der Waals surface area contributed by atoms with Crippen LogP contribution in [0.25, 0.3) is 6.08 Å². The van der Waals surface area contributed by atoms with Gasteiger partial charge in [-0.25, -0.2) is 4.39 Å². The summed E-state index contributed by atoms with van der Waals surface area (Å²) in [5, 5.41) is 0. The number of piperidine rings is 1. The summed E-state index contributed by atoms with van der Waals surface area (Å²) in [7, 11) is 0. The standard InChI is InChI=1S/C24H25FN2O2S/c1-16-8-7-9-17(2)27(16)23(28)15-26-20-12-5-6-13-21(20)30-22(24(26)29)14-18-10-3-4-11-19(18)25/h3-6,10-14,16-17H,7-9,15H2,1-2H3/b22-14-/t16-,17-/m1/s1. The van der Waals surface area contributed by atoms with E-state index in [9.17, 15) is 14.0 Å². The number of fused-ring (bicyclic) bond motifs is 1. The van der Waals surface area contributed by atoms with Gasteiger partial charge in [-0.3, -0.25) is 14.5 Å². The van der Waals surface area contributed by atoms with Gasteiger partial charge in [0.2, 0.25) is 5.91 Å². The Kier molecular flexibility index (Phi) is 5.95. The molecule has 0 N–H and O–H groups in total. The molecule has 2 aliphatic rings. The molecule has 1 saturated heterocycles. The number of para-hydroxylation sites is 1. The Morgan fingerprint density at radius 3 is 2.50 bits per heavy atom. The molecule has 0 bridgehead atoms. The van der Waals surface area contributed by atoms with Crippen molar-refractivity contribution in [2.24, 2.45) is 0 Å². The van der Waals surface area contributed by atoms with Crippen LogP contribution in [0.15, 0.2) is 58.3 Å². The third-order valence-corrected chi connectivity index (χ3v) is 6.88. The topological polar surface area (TPSA) is 40.6 Å². The van der Waals surface area contributed by atoms with Gasteiger partial charge in [0.1, 0.15) is 12.4 Å². The van der Waals surface area contributed by atoms with Crippen molar-refractivity contribution in [3.8, 4) is 0 Å². The van der Waals surface area contributed by atoms with E-state index in [-0.39, 0.29) is 36.3 Å². The van der Waals surface area contributed by atoms with E-state index >= 15 is 0 Å². The second-order valence-corrected chi connectivity index (χ2v) is 9.00. The molecule has 2 aromatic carbocycles. The van der Waals surface area contributed by atoms with Gasteiger partial charge in [0.25, 0.3) is 5.91 Å². The number of hydrogen-bond donors (Lipinski definition) is 0. The number of halogens is 1. The average Bonchev–Trinajstić information content (AvgIpc) is 2.72. The number of thioether (sulfide) groups is 1. The van der Waals surface area contributed by atoms with Crippen LogP contribution in [-0.4, -0.2) is 35.3 Å². The van der Waals surface area contributed by atoms with Gasteiger partial charge in [-0.1, -0.05) is 42.1 Å². The fraction of sp³-hybridized carbons (Fsp3) is 0.333. The highest BCUT2D eigenvalue weighted by atomic mass is 32.2. The number of benzene rings is 2. The molecule has 2 amide bonds. The lowest BCUT2D eigenvalue weighted by molar-refractivity contribution is -0.136. The molecule has 2 aromatic rings. The summed E-state index contributed by atoms with van der Waals surface area (Å²) >= 11 is 1.31. The third kappa shape index (κ3) is 4.01. The van der Waals surface area contributed by atoms with Crippen molar-refractivity contribution in [1.29, 1.82) is 0 Å². The number of nitrogens with zero attached hydrogens (tertiary/aromatic N) is 2. The van der Waals surface area contributed by atoms with Crippen LogP contribution in [0.2, 0.25) is 0 Å². The summed E-state index contributed by atoms with van der Waals surface area (Å²) < 4.78 is 14.2. The summed E-state index contributed by atoms with van der Waals surface area (Å²) in [5.41, 5.74) is 1.08. The quantitative estimate of drug-likeness (QED) is 0.644. The molecule has 30 heavy (non-hydrogen) atoms. The predicted octanol–water partition coefficient (Wildman–Crippen LogP) is 5.10. The zero-order valence-electron chi connectivity index (χ0n) is 17.2. The van der Waals surface area contributed by atoms with Crippen molar-refractivity contribution in [2.45, 2.75) is 50.1 Å². The van der Waals surface area contributed by atoms with Gasteiger partial charge < -0.3 is 4.90 Å². The van der Waals surface area contributed by atoms with Gasteiger partial charge in [-0.2, -0.15) is 0 Å². The first-order valence-electron chi connectivity index (χ1n) is 10.3. The van der Waals surface area contributed by atoms with Crippen molar-refractivity contribution in [1.82, 2.24) is 4.90 Å². The average molecular weight is 425 g/mol. The van der Waals surface area contributed by atoms with Crippen LogP contribution in [0, 0.1) is 5.82 Å². The molecule has 6 heteroatoms. The Morgan fingerprint density at radius 2 is 1.77 bits per heavy atom. The van der Waals surface area contributed by atoms with Crippen molar-refractivity contribution < 1.29 is 14.0 Å². The monoisotopic (exact) mass is 424 g/mol. The zero-order chi connectivity index (χ0) is 21.3. The molecule has 2 heterocycles. The number of amides is 2. The lowest BCUT2D eigenvalue weighted by Gasteiger charge is -2.40. The highest BCUT2D eigenvalue weighted by molar-refractivity contribution is 8.04. The van der Waals surface area contributed by atoms with Gasteiger partial charge in [0.15, 0.2) is 0 Å². The third-order valence-electron chi connectivity index (χ3n) is 5.80. The first kappa shape index (κ1) is 20.7. The molecule has 0 aliphatic carbocycles. The van der Waals surface area contributed by atoms with Crippen LogP contribution in [0.5, 0.6) is 0 Å². The summed E-state index contributed by atoms with van der Waals surface area (Å²) in [6.45, 7) is 4.12. The van der Waals surface area contributed by atoms with Crippen LogP contribution < -0.4 is 4.90 Å². The Balaban J connectivity index is 1.67. The van der Waals surface area contributed by atoms with Gasteiger partial charge in [0, 0.05) is 22.5 Å². The first-order valence-corrected chi connectivity index (χ1v) is 11.1. The van der Waals surface area contributed by atoms with Crippen LogP contribution in [0.4, 0.5) is 10.1 Å². The first-order chi connectivity index (χ1) is 14.5. The maximum atomic E-state index is 14.2. The van der Waals surface area contributed by atoms with E-state index in [1.165, 1.54) is 22.7 Å². The van der Waals surface area contributed by atoms with E-state index in [2.05, 4.69) is 13.8 Å². The number of likely N-dealkylation sites (tertiary alicyclic amines) is 1. The second kappa shape index (κ2) is 8.64. The fourth-order valence-corrected chi connectivity index (χ4v) is 5.33. The summed E-state index contributed by atoms with van der Waals surface area (Å²) in [6.07, 6.45) is 4.65. The van der Waals surface area contributed by atoms with E-state index in [1.807, 2.05) is 29.2 Å². The molecule has 0 aromatic heterocycles. The highest BCUT2D eigenvalue weighted by Gasteiger charge is 2.35. The molecule has 0 unspecified atom stereocenters. The van der Waals surface area contributed by atoms with E-state index in [0.717, 1.165) is 29.8 Å². The summed E-state index contributed by atoms with van der Waals surface area (Å²) in [5.74, 6) is -0.696. The Labute approximate surface area is 180 Å². The largest absolute Gasteiger partial charge is 0.336 e. The van der Waals surface area contributed by atoms with Crippen molar-refractivity contribution >= 4 is 35.3 Å². The smallest absolute Gasteiger partial charge is 0.265 e. The summed E-state index contributed by atoms with van der Waals surface area (Å²) in [4.78, 5) is 31.3. The molecule has 2 aliphatic heterocycles. The van der Waals surface area contributed by atoms with E-state index in [4.69, 9.17) is 0 Å². The van der Waals surface area contributed by atoms with Crippen molar-refractivity contribution in [2.75, 3.05) is 11.4 Å². The van der Waals surface area contributed by atoms with E-state index in [1.54, 1.807) is 24.3 Å². The maximum absolute atomic E-state index is 14.2. The number of hydrogen-bond acceptors (Lipinski definition) is 3. The Bertz CT molecular complexity index is 996. The molecular weight excluding hydrogens is 399 g/mol. The molecule has 0 radical (unpaired) electrons. The zero-order valence-corrected chi connectivity index (χ0v) is 18.0. The number of carbonyl (C=O) groups is 2. The Hall–Kier alpha value is -2.60. The van der Waals surface area contributed by atoms with E-state index in [0.29, 0.717) is 10.5 Å². The van der Waals surface area contributed by atoms with Gasteiger partial charge in [-0.15, -0.1) is 0 Å². The van der Waals surface area contributed by atoms with Gasteiger partial charge in [0.05, 0.1) is 10.6 Å². The minimum atomic E-state index is -0.379. The van der Waals surface area contributed by atoms with Crippen molar-refractivity contribution in [3.63, 3.8) is 0 Å². The molecule has 4 nitrogen and oxygen atoms in total. The minimum Gasteiger partial charge on any atom is -0.336 e. The van der Waals surface area contributed by atoms with Crippen LogP contribution in [0.1, 0.15) is 38.7 Å². The van der Waals surface area contributed by atoms with Crippen LogP contribution in [0.3, 0.4) is 0 Å². The lowest BCUT2D eigenvalue weighted by atomic mass is 9.97. The molecule has 0 spiro atoms. The van der Waals surface area contributed by atoms with Crippen molar-refractivity contribution in [3.05, 3.63) is 64.8 Å². The van der Waals surface area contributed by atoms with Gasteiger partial charge in [-0.05, 0) is 57.4 Å². The SMILES string of the molecule is C[C@@H]1CCC[C@@H](C)N1C(=O)CN1C(=O)/C(=C/c2ccccc2F)Sc2ccccc21. The van der Waals surface area contributed by atoms with Crippen LogP contribution >= 0.6 is 11.8 Å². The molecule has 156 valence electrons. The molecular formula is C24H25FN2O2S. The number of anilines is 1. The maximum Gasteiger partial charge on any atom is 0.265 e.